The Balaban J connectivity index is 1.55. The number of amides is 2. The maximum Gasteiger partial charge on any atom is 0.312 e. The minimum atomic E-state index is -2.87. The Morgan fingerprint density at radius 1 is 1.00 bits per heavy atom. The van der Waals surface area contributed by atoms with Crippen molar-refractivity contribution in [1.29, 1.82) is 0 Å². The van der Waals surface area contributed by atoms with Gasteiger partial charge in [-0.25, -0.2) is 13.2 Å². The molecular weight excluding hydrogens is 521 g/mol. The number of hydrogen-bond acceptors (Lipinski definition) is 4. The fourth-order valence-corrected chi connectivity index (χ4v) is 6.17. The first kappa shape index (κ1) is 29.6. The van der Waals surface area contributed by atoms with E-state index in [0.29, 0.717) is 18.5 Å². The number of nitrogens with zero attached hydrogens (tertiary/aromatic N) is 2. The molecule has 0 aromatic heterocycles. The maximum atomic E-state index is 14.5. The zero-order chi connectivity index (χ0) is 29.1. The number of esters is 1. The van der Waals surface area contributed by atoms with Crippen LogP contribution < -0.4 is 4.90 Å². The van der Waals surface area contributed by atoms with Crippen LogP contribution in [0.1, 0.15) is 64.4 Å². The summed E-state index contributed by atoms with van der Waals surface area (Å²) >= 11 is 0. The SMILES string of the molecule is COC(=O)C1(CC(=O)N(c2ccccc2)C2CCCC(F)(F)C2)CCN(C(=O)C(C)(C)c2ccccc2F)CC1. The van der Waals surface area contributed by atoms with E-state index in [2.05, 4.69) is 0 Å². The van der Waals surface area contributed by atoms with Crippen LogP contribution in [-0.2, 0) is 24.5 Å². The number of methoxy groups -OCH3 is 1. The number of para-hydroxylation sites is 1. The summed E-state index contributed by atoms with van der Waals surface area (Å²) in [5, 5.41) is 0. The molecule has 1 unspecified atom stereocenters. The number of anilines is 1. The van der Waals surface area contributed by atoms with Crippen molar-refractivity contribution in [2.75, 3.05) is 25.1 Å². The van der Waals surface area contributed by atoms with Crippen LogP contribution in [0.25, 0.3) is 0 Å². The number of likely N-dealkylation sites (tertiary alicyclic amines) is 1. The van der Waals surface area contributed by atoms with E-state index in [4.69, 9.17) is 4.74 Å². The second kappa shape index (κ2) is 11.6. The van der Waals surface area contributed by atoms with Gasteiger partial charge in [0, 0.05) is 49.6 Å². The molecular formula is C31H37F3N2O4. The third kappa shape index (κ3) is 6.03. The van der Waals surface area contributed by atoms with Crippen LogP contribution in [0.4, 0.5) is 18.9 Å². The minimum absolute atomic E-state index is 0.161. The topological polar surface area (TPSA) is 66.9 Å². The first-order valence-electron chi connectivity index (χ1n) is 13.8. The van der Waals surface area contributed by atoms with Gasteiger partial charge in [0.1, 0.15) is 5.82 Å². The van der Waals surface area contributed by atoms with Crippen LogP contribution in [-0.4, -0.2) is 54.8 Å². The first-order valence-corrected chi connectivity index (χ1v) is 13.8. The molecule has 1 aliphatic carbocycles. The van der Waals surface area contributed by atoms with Crippen molar-refractivity contribution in [2.45, 2.75) is 76.2 Å². The van der Waals surface area contributed by atoms with Gasteiger partial charge in [0.2, 0.25) is 17.7 Å². The minimum Gasteiger partial charge on any atom is -0.469 e. The van der Waals surface area contributed by atoms with E-state index in [9.17, 15) is 27.6 Å². The summed E-state index contributed by atoms with van der Waals surface area (Å²) in [6.45, 7) is 3.67. The van der Waals surface area contributed by atoms with E-state index in [1.807, 2.05) is 0 Å². The average molecular weight is 559 g/mol. The molecule has 0 spiro atoms. The quantitative estimate of drug-likeness (QED) is 0.398. The Labute approximate surface area is 233 Å². The molecule has 4 rings (SSSR count). The Kier molecular flexibility index (Phi) is 8.61. The number of benzene rings is 2. The normalized spacial score (nSPS) is 20.4. The molecule has 1 saturated heterocycles. The van der Waals surface area contributed by atoms with Crippen molar-refractivity contribution in [3.05, 3.63) is 66.0 Å². The van der Waals surface area contributed by atoms with Crippen molar-refractivity contribution < 1.29 is 32.3 Å². The molecule has 1 saturated carbocycles. The second-order valence-corrected chi connectivity index (χ2v) is 11.6. The van der Waals surface area contributed by atoms with Gasteiger partial charge in [-0.15, -0.1) is 0 Å². The largest absolute Gasteiger partial charge is 0.469 e. The van der Waals surface area contributed by atoms with Gasteiger partial charge in [0.25, 0.3) is 0 Å². The molecule has 1 atom stereocenters. The molecule has 40 heavy (non-hydrogen) atoms. The first-order chi connectivity index (χ1) is 18.9. The van der Waals surface area contributed by atoms with E-state index in [1.54, 1.807) is 67.3 Å². The lowest BCUT2D eigenvalue weighted by Crippen LogP contribution is -2.53. The third-order valence-electron chi connectivity index (χ3n) is 8.48. The molecule has 1 aliphatic heterocycles. The van der Waals surface area contributed by atoms with E-state index >= 15 is 0 Å². The molecule has 2 fully saturated rings. The standard InChI is InChI=1S/C31H37F3N2O4/c1-29(2,24-13-7-8-14-25(24)32)27(38)35-18-16-30(17-19-35,28(39)40-3)21-26(37)36(22-10-5-4-6-11-22)23-12-9-15-31(33,34)20-23/h4-8,10-11,13-14,23H,9,12,15-21H2,1-3H3. The molecule has 2 aromatic rings. The van der Waals surface area contributed by atoms with Crippen LogP contribution in [0.2, 0.25) is 0 Å². The van der Waals surface area contributed by atoms with Gasteiger partial charge in [-0.2, -0.15) is 0 Å². The number of piperidine rings is 1. The van der Waals surface area contributed by atoms with Crippen molar-refractivity contribution >= 4 is 23.5 Å². The molecule has 0 bridgehead atoms. The fourth-order valence-electron chi connectivity index (χ4n) is 6.17. The van der Waals surface area contributed by atoms with E-state index in [-0.39, 0.29) is 50.2 Å². The Morgan fingerprint density at radius 2 is 1.62 bits per heavy atom. The zero-order valence-corrected chi connectivity index (χ0v) is 23.3. The second-order valence-electron chi connectivity index (χ2n) is 11.6. The summed E-state index contributed by atoms with van der Waals surface area (Å²) in [5.41, 5.74) is -1.56. The van der Waals surface area contributed by atoms with Crippen molar-refractivity contribution in [3.63, 3.8) is 0 Å². The highest BCUT2D eigenvalue weighted by Crippen LogP contribution is 2.42. The molecule has 1 heterocycles. The predicted molar refractivity (Wildman–Crippen MR) is 145 cm³/mol. The molecule has 216 valence electrons. The summed E-state index contributed by atoms with van der Waals surface area (Å²) < 4.78 is 48.5. The zero-order valence-electron chi connectivity index (χ0n) is 23.3. The van der Waals surface area contributed by atoms with Gasteiger partial charge in [-0.3, -0.25) is 14.4 Å². The van der Waals surface area contributed by atoms with E-state index < -0.39 is 46.9 Å². The average Bonchev–Trinajstić information content (AvgIpc) is 2.93. The van der Waals surface area contributed by atoms with Gasteiger partial charge in [0.15, 0.2) is 0 Å². The molecule has 6 nitrogen and oxygen atoms in total. The molecule has 2 amide bonds. The van der Waals surface area contributed by atoms with Crippen LogP contribution >= 0.6 is 0 Å². The lowest BCUT2D eigenvalue weighted by Gasteiger charge is -2.43. The van der Waals surface area contributed by atoms with Crippen molar-refractivity contribution in [3.8, 4) is 0 Å². The summed E-state index contributed by atoms with van der Waals surface area (Å²) in [4.78, 5) is 43.6. The van der Waals surface area contributed by atoms with Crippen molar-refractivity contribution in [2.24, 2.45) is 5.41 Å². The Morgan fingerprint density at radius 3 is 2.23 bits per heavy atom. The van der Waals surface area contributed by atoms with Gasteiger partial charge in [-0.05, 0) is 57.7 Å². The number of rotatable bonds is 7. The summed E-state index contributed by atoms with van der Waals surface area (Å²) in [6, 6.07) is 14.1. The van der Waals surface area contributed by atoms with Crippen molar-refractivity contribution in [1.82, 2.24) is 4.90 Å². The molecule has 9 heteroatoms. The van der Waals surface area contributed by atoms with Gasteiger partial charge in [-0.1, -0.05) is 36.4 Å². The summed E-state index contributed by atoms with van der Waals surface area (Å²) in [7, 11) is 1.25. The molecule has 2 aliphatic rings. The van der Waals surface area contributed by atoms with Gasteiger partial charge in [0.05, 0.1) is 17.9 Å². The number of carbonyl (C=O) groups excluding carboxylic acids is 3. The van der Waals surface area contributed by atoms with E-state index in [0.717, 1.165) is 0 Å². The number of carbonyl (C=O) groups is 3. The highest BCUT2D eigenvalue weighted by molar-refractivity contribution is 5.97. The van der Waals surface area contributed by atoms with Crippen LogP contribution in [0, 0.1) is 11.2 Å². The molecule has 0 N–H and O–H groups in total. The number of alkyl halides is 2. The Hall–Kier alpha value is -3.36. The van der Waals surface area contributed by atoms with E-state index in [1.165, 1.54) is 18.1 Å². The third-order valence-corrected chi connectivity index (χ3v) is 8.48. The van der Waals surface area contributed by atoms with Crippen LogP contribution in [0.3, 0.4) is 0 Å². The summed E-state index contributed by atoms with van der Waals surface area (Å²) in [5.74, 6) is -4.61. The molecule has 2 aromatic carbocycles. The molecule has 0 radical (unpaired) electrons. The lowest BCUT2D eigenvalue weighted by atomic mass is 9.74. The predicted octanol–water partition coefficient (Wildman–Crippen LogP) is 5.89. The Bertz CT molecular complexity index is 1230. The number of halogens is 3. The highest BCUT2D eigenvalue weighted by Gasteiger charge is 2.49. The fraction of sp³-hybridized carbons (Fsp3) is 0.516. The van der Waals surface area contributed by atoms with Crippen LogP contribution in [0.15, 0.2) is 54.6 Å². The summed E-state index contributed by atoms with van der Waals surface area (Å²) in [6.07, 6.45) is 0.184. The maximum absolute atomic E-state index is 14.5. The monoisotopic (exact) mass is 558 g/mol. The smallest absolute Gasteiger partial charge is 0.312 e. The highest BCUT2D eigenvalue weighted by atomic mass is 19.3. The number of hydrogen-bond donors (Lipinski definition) is 0. The number of ether oxygens (including phenoxy) is 1. The van der Waals surface area contributed by atoms with Crippen LogP contribution in [0.5, 0.6) is 0 Å². The lowest BCUT2D eigenvalue weighted by molar-refractivity contribution is -0.160. The van der Waals surface area contributed by atoms with Gasteiger partial charge >= 0.3 is 5.97 Å². The van der Waals surface area contributed by atoms with Gasteiger partial charge < -0.3 is 14.5 Å².